The van der Waals surface area contributed by atoms with Crippen LogP contribution in [0.25, 0.3) is 0 Å². The quantitative estimate of drug-likeness (QED) is 0.902. The Bertz CT molecular complexity index is 634. The molecule has 0 atom stereocenters. The number of rotatable bonds is 2. The second kappa shape index (κ2) is 5.34. The van der Waals surface area contributed by atoms with Crippen molar-refractivity contribution in [3.05, 3.63) is 33.5 Å². The summed E-state index contributed by atoms with van der Waals surface area (Å²) in [6, 6.07) is 1.87. The highest BCUT2D eigenvalue weighted by atomic mass is 32.1. The van der Waals surface area contributed by atoms with Gasteiger partial charge in [0.25, 0.3) is 5.91 Å². The highest BCUT2D eigenvalue weighted by Gasteiger charge is 2.23. The fraction of sp³-hybridized carbons (Fsp3) is 0.462. The number of hydrogen-bond acceptors (Lipinski definition) is 5. The lowest BCUT2D eigenvalue weighted by atomic mass is 10.3. The molecule has 0 spiro atoms. The van der Waals surface area contributed by atoms with Gasteiger partial charge in [-0.2, -0.15) is 5.10 Å². The van der Waals surface area contributed by atoms with E-state index in [1.54, 1.807) is 5.51 Å². The number of thiazole rings is 1. The number of amides is 1. The minimum atomic E-state index is -0.0676. The number of aliphatic hydroxyl groups is 1. The summed E-state index contributed by atoms with van der Waals surface area (Å²) >= 11 is 1.38. The zero-order chi connectivity index (χ0) is 14.1. The van der Waals surface area contributed by atoms with Crippen molar-refractivity contribution in [2.45, 2.75) is 33.0 Å². The van der Waals surface area contributed by atoms with Crippen molar-refractivity contribution >= 4 is 17.2 Å². The first-order valence-corrected chi connectivity index (χ1v) is 7.43. The van der Waals surface area contributed by atoms with Gasteiger partial charge in [-0.3, -0.25) is 9.48 Å². The molecule has 0 saturated carbocycles. The first kappa shape index (κ1) is 13.3. The second-order valence-corrected chi connectivity index (χ2v) is 5.71. The molecule has 0 radical (unpaired) electrons. The van der Waals surface area contributed by atoms with Crippen molar-refractivity contribution in [2.24, 2.45) is 0 Å². The van der Waals surface area contributed by atoms with E-state index < -0.39 is 0 Å². The summed E-state index contributed by atoms with van der Waals surface area (Å²) in [6.07, 6.45) is 0.864. The Hall–Kier alpha value is -1.73. The average molecular weight is 292 g/mol. The van der Waals surface area contributed by atoms with E-state index in [-0.39, 0.29) is 12.5 Å². The molecule has 0 unspecified atom stereocenters. The molecule has 3 rings (SSSR count). The van der Waals surface area contributed by atoms with Crippen LogP contribution in [0.2, 0.25) is 0 Å². The van der Waals surface area contributed by atoms with Gasteiger partial charge in [0.1, 0.15) is 4.88 Å². The van der Waals surface area contributed by atoms with Crippen LogP contribution >= 0.6 is 11.3 Å². The van der Waals surface area contributed by atoms with Gasteiger partial charge in [0.15, 0.2) is 0 Å². The highest BCUT2D eigenvalue weighted by Crippen LogP contribution is 2.20. The number of fused-ring (bicyclic) bond motifs is 1. The van der Waals surface area contributed by atoms with E-state index in [1.807, 2.05) is 22.6 Å². The van der Waals surface area contributed by atoms with Gasteiger partial charge in [-0.1, -0.05) is 0 Å². The first-order chi connectivity index (χ1) is 9.69. The standard InChI is InChI=1S/C13H16N4O2S/c1-9-12(20-8-14-9)13(19)16-3-2-4-17-11(6-16)5-10(7-18)15-17/h5,8,18H,2-4,6-7H2,1H3. The summed E-state index contributed by atoms with van der Waals surface area (Å²) in [5.74, 6) is 0.0326. The van der Waals surface area contributed by atoms with Gasteiger partial charge < -0.3 is 10.0 Å². The van der Waals surface area contributed by atoms with Gasteiger partial charge in [-0.25, -0.2) is 4.98 Å². The molecule has 6 nitrogen and oxygen atoms in total. The lowest BCUT2D eigenvalue weighted by Gasteiger charge is -2.19. The third kappa shape index (κ3) is 2.34. The molecule has 1 amide bonds. The van der Waals surface area contributed by atoms with Crippen LogP contribution in [0.1, 0.15) is 33.2 Å². The summed E-state index contributed by atoms with van der Waals surface area (Å²) in [5, 5.41) is 13.5. The summed E-state index contributed by atoms with van der Waals surface area (Å²) in [5.41, 5.74) is 4.12. The summed E-state index contributed by atoms with van der Waals surface area (Å²) in [6.45, 7) is 3.82. The first-order valence-electron chi connectivity index (χ1n) is 6.55. The van der Waals surface area contributed by atoms with Crippen LogP contribution in [0.4, 0.5) is 0 Å². The highest BCUT2D eigenvalue weighted by molar-refractivity contribution is 7.11. The molecule has 0 aromatic carbocycles. The molecule has 1 N–H and O–H groups in total. The molecule has 0 aliphatic carbocycles. The summed E-state index contributed by atoms with van der Waals surface area (Å²) in [4.78, 5) is 19.2. The zero-order valence-electron chi connectivity index (χ0n) is 11.2. The lowest BCUT2D eigenvalue weighted by molar-refractivity contribution is 0.0749. The third-order valence-electron chi connectivity index (χ3n) is 3.45. The van der Waals surface area contributed by atoms with Crippen molar-refractivity contribution in [3.8, 4) is 0 Å². The largest absolute Gasteiger partial charge is 0.390 e. The summed E-state index contributed by atoms with van der Waals surface area (Å²) < 4.78 is 1.89. The maximum absolute atomic E-state index is 12.5. The van der Waals surface area contributed by atoms with E-state index >= 15 is 0 Å². The number of aryl methyl sites for hydroxylation is 2. The molecule has 0 fully saturated rings. The topological polar surface area (TPSA) is 71.2 Å². The predicted molar refractivity (Wildman–Crippen MR) is 74.4 cm³/mol. The molecule has 1 aliphatic rings. The van der Waals surface area contributed by atoms with Crippen LogP contribution in [0.3, 0.4) is 0 Å². The Morgan fingerprint density at radius 1 is 1.50 bits per heavy atom. The number of hydrogen-bond donors (Lipinski definition) is 1. The Kier molecular flexibility index (Phi) is 3.54. The van der Waals surface area contributed by atoms with Gasteiger partial charge >= 0.3 is 0 Å². The van der Waals surface area contributed by atoms with Crippen LogP contribution in [0.5, 0.6) is 0 Å². The number of carbonyl (C=O) groups is 1. The van der Waals surface area contributed by atoms with E-state index in [4.69, 9.17) is 5.11 Å². The monoisotopic (exact) mass is 292 g/mol. The second-order valence-electron chi connectivity index (χ2n) is 4.86. The van der Waals surface area contributed by atoms with E-state index in [0.29, 0.717) is 23.7 Å². The van der Waals surface area contributed by atoms with Gasteiger partial charge in [-0.15, -0.1) is 11.3 Å². The van der Waals surface area contributed by atoms with E-state index in [0.717, 1.165) is 24.4 Å². The molecule has 106 valence electrons. The maximum atomic E-state index is 12.5. The number of carbonyl (C=O) groups excluding carboxylic acids is 1. The molecule has 0 saturated heterocycles. The Balaban J connectivity index is 1.85. The Labute approximate surface area is 120 Å². The number of nitrogens with zero attached hydrogens (tertiary/aromatic N) is 4. The zero-order valence-corrected chi connectivity index (χ0v) is 12.1. The molecule has 2 aromatic heterocycles. The Morgan fingerprint density at radius 2 is 2.35 bits per heavy atom. The predicted octanol–water partition coefficient (Wildman–Crippen LogP) is 1.19. The van der Waals surface area contributed by atoms with Crippen molar-refractivity contribution < 1.29 is 9.90 Å². The minimum Gasteiger partial charge on any atom is -0.390 e. The van der Waals surface area contributed by atoms with Crippen molar-refractivity contribution in [2.75, 3.05) is 6.54 Å². The third-order valence-corrected chi connectivity index (χ3v) is 4.37. The van der Waals surface area contributed by atoms with Crippen LogP contribution in [0, 0.1) is 6.92 Å². The molecule has 3 heterocycles. The molecule has 20 heavy (non-hydrogen) atoms. The molecular formula is C13H16N4O2S. The van der Waals surface area contributed by atoms with Crippen molar-refractivity contribution in [1.29, 1.82) is 0 Å². The lowest BCUT2D eigenvalue weighted by Crippen LogP contribution is -2.30. The van der Waals surface area contributed by atoms with Crippen LogP contribution in [0.15, 0.2) is 11.6 Å². The van der Waals surface area contributed by atoms with Gasteiger partial charge in [0.2, 0.25) is 0 Å². The van der Waals surface area contributed by atoms with Crippen LogP contribution < -0.4 is 0 Å². The molecular weight excluding hydrogens is 276 g/mol. The molecule has 2 aromatic rings. The normalized spacial score (nSPS) is 15.0. The number of aromatic nitrogens is 3. The van der Waals surface area contributed by atoms with E-state index in [2.05, 4.69) is 10.1 Å². The van der Waals surface area contributed by atoms with Gasteiger partial charge in [0, 0.05) is 13.1 Å². The molecule has 0 bridgehead atoms. The van der Waals surface area contributed by atoms with Crippen LogP contribution in [-0.2, 0) is 19.7 Å². The minimum absolute atomic E-state index is 0.0326. The maximum Gasteiger partial charge on any atom is 0.266 e. The smallest absolute Gasteiger partial charge is 0.266 e. The van der Waals surface area contributed by atoms with E-state index in [9.17, 15) is 4.79 Å². The van der Waals surface area contributed by atoms with Gasteiger partial charge in [0.05, 0.1) is 35.7 Å². The molecule has 1 aliphatic heterocycles. The average Bonchev–Trinajstić information content (AvgIpc) is 2.99. The Morgan fingerprint density at radius 3 is 3.05 bits per heavy atom. The van der Waals surface area contributed by atoms with E-state index in [1.165, 1.54) is 11.3 Å². The SMILES string of the molecule is Cc1ncsc1C(=O)N1CCCn2nc(CO)cc2C1. The van der Waals surface area contributed by atoms with Gasteiger partial charge in [-0.05, 0) is 19.4 Å². The summed E-state index contributed by atoms with van der Waals surface area (Å²) in [7, 11) is 0. The number of aliphatic hydroxyl groups excluding tert-OH is 1. The van der Waals surface area contributed by atoms with Crippen LogP contribution in [-0.4, -0.2) is 37.2 Å². The molecule has 7 heteroatoms. The fourth-order valence-electron chi connectivity index (χ4n) is 2.42. The van der Waals surface area contributed by atoms with Crippen molar-refractivity contribution in [3.63, 3.8) is 0 Å². The van der Waals surface area contributed by atoms with Crippen molar-refractivity contribution in [1.82, 2.24) is 19.7 Å². The fourth-order valence-corrected chi connectivity index (χ4v) is 3.19.